The van der Waals surface area contributed by atoms with Crippen molar-refractivity contribution < 1.29 is 17.6 Å². The van der Waals surface area contributed by atoms with Gasteiger partial charge < -0.3 is 5.32 Å². The number of nitrogens with zero attached hydrogens (tertiary/aromatic N) is 3. The molecule has 1 aromatic heterocycles. The molecule has 2 aromatic rings. The number of rotatable bonds is 5. The van der Waals surface area contributed by atoms with Crippen molar-refractivity contribution in [1.82, 2.24) is 9.21 Å². The number of thiophene rings is 1. The van der Waals surface area contributed by atoms with E-state index in [9.17, 15) is 22.9 Å². The van der Waals surface area contributed by atoms with Crippen LogP contribution < -0.4 is 5.32 Å². The topological polar surface area (TPSA) is 93.5 Å². The Morgan fingerprint density at radius 3 is 2.48 bits per heavy atom. The summed E-state index contributed by atoms with van der Waals surface area (Å²) in [5.74, 6) is -0.689. The second kappa shape index (κ2) is 9.04. The zero-order chi connectivity index (χ0) is 22.0. The van der Waals surface area contributed by atoms with Gasteiger partial charge in [-0.2, -0.15) is 9.57 Å². The van der Waals surface area contributed by atoms with Crippen LogP contribution in [-0.2, 0) is 27.7 Å². The number of sulfonamides is 1. The van der Waals surface area contributed by atoms with Crippen LogP contribution in [0, 0.1) is 17.1 Å². The van der Waals surface area contributed by atoms with Crippen LogP contribution in [0.4, 0.5) is 9.39 Å². The van der Waals surface area contributed by atoms with E-state index in [-0.39, 0.29) is 30.4 Å². The first kappa shape index (κ1) is 21.9. The normalized spacial score (nSPS) is 17.7. The van der Waals surface area contributed by atoms with Crippen molar-refractivity contribution in [3.05, 3.63) is 46.1 Å². The molecule has 4 rings (SSSR count). The van der Waals surface area contributed by atoms with Crippen molar-refractivity contribution >= 4 is 32.3 Å². The highest BCUT2D eigenvalue weighted by Gasteiger charge is 2.29. The molecule has 0 atom stereocenters. The molecule has 1 aromatic carbocycles. The summed E-state index contributed by atoms with van der Waals surface area (Å²) in [7, 11) is -3.69. The molecule has 0 bridgehead atoms. The number of anilines is 1. The molecule has 1 aliphatic carbocycles. The van der Waals surface area contributed by atoms with Gasteiger partial charge in [-0.1, -0.05) is 0 Å². The molecule has 10 heteroatoms. The van der Waals surface area contributed by atoms with Gasteiger partial charge >= 0.3 is 0 Å². The van der Waals surface area contributed by atoms with Gasteiger partial charge in [-0.15, -0.1) is 11.3 Å². The molecule has 7 nitrogen and oxygen atoms in total. The van der Waals surface area contributed by atoms with Gasteiger partial charge in [0.15, 0.2) is 0 Å². The van der Waals surface area contributed by atoms with Gasteiger partial charge in [-0.3, -0.25) is 9.69 Å². The van der Waals surface area contributed by atoms with E-state index < -0.39 is 15.8 Å². The van der Waals surface area contributed by atoms with E-state index >= 15 is 0 Å². The molecular formula is C21H23FN4O3S2. The van der Waals surface area contributed by atoms with Gasteiger partial charge in [0.2, 0.25) is 15.9 Å². The highest BCUT2D eigenvalue weighted by Crippen LogP contribution is 2.37. The van der Waals surface area contributed by atoms with Crippen LogP contribution in [0.1, 0.15) is 28.8 Å². The van der Waals surface area contributed by atoms with Crippen molar-refractivity contribution in [3.63, 3.8) is 0 Å². The van der Waals surface area contributed by atoms with Crippen LogP contribution >= 0.6 is 11.3 Å². The van der Waals surface area contributed by atoms with Crippen LogP contribution in [0.2, 0.25) is 0 Å². The Kier molecular flexibility index (Phi) is 6.39. The van der Waals surface area contributed by atoms with Crippen LogP contribution in [0.5, 0.6) is 0 Å². The summed E-state index contributed by atoms with van der Waals surface area (Å²) in [6.07, 6.45) is 4.01. The molecule has 2 aliphatic rings. The number of nitriles is 1. The maximum atomic E-state index is 13.1. The number of carbonyl (C=O) groups is 1. The Labute approximate surface area is 185 Å². The van der Waals surface area contributed by atoms with Crippen molar-refractivity contribution in [2.24, 2.45) is 0 Å². The first-order chi connectivity index (χ1) is 14.9. The molecule has 0 unspecified atom stereocenters. The lowest BCUT2D eigenvalue weighted by Crippen LogP contribution is -2.50. The quantitative estimate of drug-likeness (QED) is 0.737. The van der Waals surface area contributed by atoms with Crippen molar-refractivity contribution in [2.45, 2.75) is 30.6 Å². The van der Waals surface area contributed by atoms with Crippen molar-refractivity contribution in [3.8, 4) is 6.07 Å². The molecule has 1 N–H and O–H groups in total. The standard InChI is InChI=1S/C21H23FN4O3S2/c22-15-5-7-16(8-6-15)31(28,29)26-11-9-25(10-12-26)14-20(27)24-21-18(13-23)17-3-1-2-4-19(17)30-21/h5-8H,1-4,9-12,14H2,(H,24,27). The molecule has 1 saturated heterocycles. The molecular weight excluding hydrogens is 439 g/mol. The lowest BCUT2D eigenvalue weighted by atomic mass is 9.96. The second-order valence-corrected chi connectivity index (χ2v) is 10.8. The van der Waals surface area contributed by atoms with Gasteiger partial charge in [-0.25, -0.2) is 12.8 Å². The van der Waals surface area contributed by atoms with Gasteiger partial charge in [0, 0.05) is 31.1 Å². The molecule has 2 heterocycles. The Hall–Kier alpha value is -2.32. The predicted octanol–water partition coefficient (Wildman–Crippen LogP) is 2.58. The fourth-order valence-electron chi connectivity index (χ4n) is 4.03. The Morgan fingerprint density at radius 1 is 1.13 bits per heavy atom. The number of benzene rings is 1. The number of hydrogen-bond donors (Lipinski definition) is 1. The van der Waals surface area contributed by atoms with Gasteiger partial charge in [0.1, 0.15) is 16.9 Å². The minimum Gasteiger partial charge on any atom is -0.315 e. The molecule has 164 valence electrons. The maximum Gasteiger partial charge on any atom is 0.243 e. The third kappa shape index (κ3) is 4.65. The minimum absolute atomic E-state index is 0.0609. The third-order valence-electron chi connectivity index (χ3n) is 5.69. The number of carbonyl (C=O) groups excluding carboxylic acids is 1. The summed E-state index contributed by atoms with van der Waals surface area (Å²) in [4.78, 5) is 15.7. The summed E-state index contributed by atoms with van der Waals surface area (Å²) in [5.41, 5.74) is 1.66. The lowest BCUT2D eigenvalue weighted by Gasteiger charge is -2.33. The van der Waals surface area contributed by atoms with E-state index in [1.807, 2.05) is 4.90 Å². The highest BCUT2D eigenvalue weighted by atomic mass is 32.2. The Balaban J connectivity index is 1.34. The van der Waals surface area contributed by atoms with Crippen molar-refractivity contribution in [2.75, 3.05) is 38.0 Å². The van der Waals surface area contributed by atoms with Crippen LogP contribution in [0.3, 0.4) is 0 Å². The average Bonchev–Trinajstić information content (AvgIpc) is 3.11. The zero-order valence-electron chi connectivity index (χ0n) is 16.9. The SMILES string of the molecule is N#Cc1c(NC(=O)CN2CCN(S(=O)(=O)c3ccc(F)cc3)CC2)sc2c1CCCC2. The van der Waals surface area contributed by atoms with E-state index in [4.69, 9.17) is 0 Å². The average molecular weight is 463 g/mol. The Morgan fingerprint density at radius 2 is 1.81 bits per heavy atom. The Bertz CT molecular complexity index is 1110. The van der Waals surface area contributed by atoms with Gasteiger partial charge in [0.05, 0.1) is 17.0 Å². The molecule has 0 radical (unpaired) electrons. The van der Waals surface area contributed by atoms with Crippen LogP contribution in [0.15, 0.2) is 29.2 Å². The minimum atomic E-state index is -3.69. The fourth-order valence-corrected chi connectivity index (χ4v) is 6.70. The molecule has 0 saturated carbocycles. The first-order valence-electron chi connectivity index (χ1n) is 10.2. The van der Waals surface area contributed by atoms with E-state index in [1.165, 1.54) is 32.7 Å². The lowest BCUT2D eigenvalue weighted by molar-refractivity contribution is -0.117. The largest absolute Gasteiger partial charge is 0.315 e. The molecule has 1 aliphatic heterocycles. The molecule has 0 spiro atoms. The van der Waals surface area contributed by atoms with Gasteiger partial charge in [0.25, 0.3) is 0 Å². The number of piperazine rings is 1. The summed E-state index contributed by atoms with van der Waals surface area (Å²) in [6, 6.07) is 7.02. The van der Waals surface area contributed by atoms with E-state index in [0.717, 1.165) is 43.4 Å². The molecule has 1 amide bonds. The zero-order valence-corrected chi connectivity index (χ0v) is 18.6. The van der Waals surface area contributed by atoms with E-state index in [0.29, 0.717) is 23.7 Å². The van der Waals surface area contributed by atoms with Gasteiger partial charge in [-0.05, 0) is 55.5 Å². The number of amides is 1. The molecule has 31 heavy (non-hydrogen) atoms. The maximum absolute atomic E-state index is 13.1. The number of halogens is 1. The van der Waals surface area contributed by atoms with Crippen LogP contribution in [0.25, 0.3) is 0 Å². The smallest absolute Gasteiger partial charge is 0.243 e. The van der Waals surface area contributed by atoms with Crippen LogP contribution in [-0.4, -0.2) is 56.3 Å². The van der Waals surface area contributed by atoms with E-state index in [2.05, 4.69) is 11.4 Å². The van der Waals surface area contributed by atoms with Crippen molar-refractivity contribution in [1.29, 1.82) is 5.26 Å². The van der Waals surface area contributed by atoms with E-state index in [1.54, 1.807) is 0 Å². The summed E-state index contributed by atoms with van der Waals surface area (Å²) in [5, 5.41) is 13.0. The number of fused-ring (bicyclic) bond motifs is 1. The number of aryl methyl sites for hydroxylation is 1. The summed E-state index contributed by atoms with van der Waals surface area (Å²) >= 11 is 1.49. The summed E-state index contributed by atoms with van der Waals surface area (Å²) < 4.78 is 39.9. The second-order valence-electron chi connectivity index (χ2n) is 7.71. The third-order valence-corrected chi connectivity index (χ3v) is 8.81. The summed E-state index contributed by atoms with van der Waals surface area (Å²) in [6.45, 7) is 1.48. The molecule has 1 fully saturated rings. The highest BCUT2D eigenvalue weighted by molar-refractivity contribution is 7.89. The first-order valence-corrected chi connectivity index (χ1v) is 12.5. The predicted molar refractivity (Wildman–Crippen MR) is 116 cm³/mol. The number of nitrogens with one attached hydrogen (secondary N) is 1. The number of hydrogen-bond acceptors (Lipinski definition) is 6. The monoisotopic (exact) mass is 462 g/mol. The fraction of sp³-hybridized carbons (Fsp3) is 0.429.